The Morgan fingerprint density at radius 3 is 2.42 bits per heavy atom. The van der Waals surface area contributed by atoms with Gasteiger partial charge in [-0.2, -0.15) is 0 Å². The Morgan fingerprint density at radius 1 is 1.21 bits per heavy atom. The van der Waals surface area contributed by atoms with E-state index in [0.29, 0.717) is 5.92 Å². The van der Waals surface area contributed by atoms with Crippen LogP contribution in [0.5, 0.6) is 0 Å². The van der Waals surface area contributed by atoms with Crippen LogP contribution >= 0.6 is 0 Å². The van der Waals surface area contributed by atoms with Crippen LogP contribution in [0.15, 0.2) is 24.3 Å². The molecule has 0 atom stereocenters. The fraction of sp³-hybridized carbons (Fsp3) is 0.647. The van der Waals surface area contributed by atoms with Crippen LogP contribution in [0, 0.1) is 0 Å². The zero-order valence-electron chi connectivity index (χ0n) is 12.6. The first kappa shape index (κ1) is 14.5. The number of benzene rings is 1. The highest BCUT2D eigenvalue weighted by Gasteiger charge is 2.28. The van der Waals surface area contributed by atoms with E-state index in [9.17, 15) is 0 Å². The molecule has 0 N–H and O–H groups in total. The van der Waals surface area contributed by atoms with Gasteiger partial charge in [0.05, 0.1) is 6.61 Å². The Balaban J connectivity index is 1.89. The molecule has 19 heavy (non-hydrogen) atoms. The Morgan fingerprint density at radius 2 is 1.89 bits per heavy atom. The molecule has 2 nitrogen and oxygen atoms in total. The lowest BCUT2D eigenvalue weighted by atomic mass is 10.0. The number of ether oxygens (including phenoxy) is 1. The van der Waals surface area contributed by atoms with Gasteiger partial charge in [-0.15, -0.1) is 0 Å². The smallest absolute Gasteiger partial charge is 0.0593 e. The number of rotatable bonds is 8. The Bertz CT molecular complexity index is 367. The quantitative estimate of drug-likeness (QED) is 0.660. The van der Waals surface area contributed by atoms with Crippen LogP contribution in [0.3, 0.4) is 0 Å². The SMILES string of the molecule is CCOCCN(Cc1ccc(C(C)C)cc1)C1CC1. The maximum atomic E-state index is 5.49. The molecule has 0 aliphatic heterocycles. The van der Waals surface area contributed by atoms with Gasteiger partial charge < -0.3 is 4.74 Å². The average Bonchev–Trinajstić information content (AvgIpc) is 3.23. The third-order valence-corrected chi connectivity index (χ3v) is 3.82. The molecular weight excluding hydrogens is 234 g/mol. The van der Waals surface area contributed by atoms with Gasteiger partial charge in [-0.25, -0.2) is 0 Å². The van der Waals surface area contributed by atoms with Gasteiger partial charge in [0.25, 0.3) is 0 Å². The van der Waals surface area contributed by atoms with Gasteiger partial charge in [-0.1, -0.05) is 38.1 Å². The normalized spacial score (nSPS) is 15.4. The molecule has 1 aromatic rings. The first-order valence-corrected chi connectivity index (χ1v) is 7.61. The summed E-state index contributed by atoms with van der Waals surface area (Å²) in [6, 6.07) is 9.91. The third kappa shape index (κ3) is 4.63. The highest BCUT2D eigenvalue weighted by atomic mass is 16.5. The van der Waals surface area contributed by atoms with E-state index in [2.05, 4.69) is 49.9 Å². The first-order chi connectivity index (χ1) is 9.20. The zero-order chi connectivity index (χ0) is 13.7. The highest BCUT2D eigenvalue weighted by molar-refractivity contribution is 5.24. The molecule has 1 aromatic carbocycles. The molecule has 0 saturated heterocycles. The van der Waals surface area contributed by atoms with Crippen LogP contribution in [0.25, 0.3) is 0 Å². The van der Waals surface area contributed by atoms with Crippen LogP contribution in [0.1, 0.15) is 50.7 Å². The number of hydrogen-bond acceptors (Lipinski definition) is 2. The van der Waals surface area contributed by atoms with Gasteiger partial charge in [-0.05, 0) is 36.8 Å². The predicted octanol–water partition coefficient (Wildman–Crippen LogP) is 3.81. The fourth-order valence-corrected chi connectivity index (χ4v) is 2.40. The Hall–Kier alpha value is -0.860. The molecule has 0 aromatic heterocycles. The van der Waals surface area contributed by atoms with E-state index in [-0.39, 0.29) is 0 Å². The van der Waals surface area contributed by atoms with Crippen LogP contribution in [-0.4, -0.2) is 30.7 Å². The largest absolute Gasteiger partial charge is 0.380 e. The van der Waals surface area contributed by atoms with Crippen molar-refractivity contribution in [1.29, 1.82) is 0 Å². The minimum atomic E-state index is 0.617. The van der Waals surface area contributed by atoms with Crippen LogP contribution in [0.2, 0.25) is 0 Å². The molecule has 2 rings (SSSR count). The molecule has 1 saturated carbocycles. The molecule has 1 aliphatic rings. The van der Waals surface area contributed by atoms with E-state index in [1.54, 1.807) is 0 Å². The molecule has 0 radical (unpaired) electrons. The summed E-state index contributed by atoms with van der Waals surface area (Å²) in [4.78, 5) is 2.57. The van der Waals surface area contributed by atoms with E-state index < -0.39 is 0 Å². The zero-order valence-corrected chi connectivity index (χ0v) is 12.6. The van der Waals surface area contributed by atoms with E-state index in [1.807, 2.05) is 0 Å². The molecule has 2 heteroatoms. The van der Waals surface area contributed by atoms with Crippen molar-refractivity contribution in [3.8, 4) is 0 Å². The van der Waals surface area contributed by atoms with Crippen molar-refractivity contribution in [2.45, 2.75) is 52.1 Å². The average molecular weight is 261 g/mol. The van der Waals surface area contributed by atoms with E-state index >= 15 is 0 Å². The second-order valence-electron chi connectivity index (χ2n) is 5.79. The first-order valence-electron chi connectivity index (χ1n) is 7.61. The second-order valence-corrected chi connectivity index (χ2v) is 5.79. The van der Waals surface area contributed by atoms with Crippen molar-refractivity contribution in [3.05, 3.63) is 35.4 Å². The lowest BCUT2D eigenvalue weighted by Crippen LogP contribution is -2.29. The molecule has 0 unspecified atom stereocenters. The van der Waals surface area contributed by atoms with Crippen molar-refractivity contribution in [2.24, 2.45) is 0 Å². The summed E-state index contributed by atoms with van der Waals surface area (Å²) < 4.78 is 5.49. The lowest BCUT2D eigenvalue weighted by Gasteiger charge is -2.22. The molecule has 0 amide bonds. The van der Waals surface area contributed by atoms with E-state index in [4.69, 9.17) is 4.74 Å². The molecule has 106 valence electrons. The summed E-state index contributed by atoms with van der Waals surface area (Å²) in [5, 5.41) is 0. The maximum absolute atomic E-state index is 5.49. The van der Waals surface area contributed by atoms with Gasteiger partial charge in [-0.3, -0.25) is 4.90 Å². The van der Waals surface area contributed by atoms with Crippen molar-refractivity contribution in [3.63, 3.8) is 0 Å². The second kappa shape index (κ2) is 7.06. The van der Waals surface area contributed by atoms with Crippen molar-refractivity contribution >= 4 is 0 Å². The monoisotopic (exact) mass is 261 g/mol. The summed E-state index contributed by atoms with van der Waals surface area (Å²) in [6.07, 6.45) is 2.71. The van der Waals surface area contributed by atoms with Crippen molar-refractivity contribution < 1.29 is 4.74 Å². The lowest BCUT2D eigenvalue weighted by molar-refractivity contribution is 0.107. The molecule has 1 aliphatic carbocycles. The summed E-state index contributed by atoms with van der Waals surface area (Å²) in [5.41, 5.74) is 2.85. The molecular formula is C17H27NO. The van der Waals surface area contributed by atoms with Crippen LogP contribution < -0.4 is 0 Å². The van der Waals surface area contributed by atoms with Gasteiger partial charge in [0.2, 0.25) is 0 Å². The van der Waals surface area contributed by atoms with Gasteiger partial charge in [0.15, 0.2) is 0 Å². The van der Waals surface area contributed by atoms with Gasteiger partial charge in [0, 0.05) is 25.7 Å². The van der Waals surface area contributed by atoms with Crippen molar-refractivity contribution in [1.82, 2.24) is 4.90 Å². The Kier molecular flexibility index (Phi) is 5.41. The predicted molar refractivity (Wildman–Crippen MR) is 80.5 cm³/mol. The molecule has 0 bridgehead atoms. The van der Waals surface area contributed by atoms with E-state index in [0.717, 1.165) is 32.3 Å². The number of hydrogen-bond donors (Lipinski definition) is 0. The minimum Gasteiger partial charge on any atom is -0.380 e. The fourth-order valence-electron chi connectivity index (χ4n) is 2.40. The molecule has 1 fully saturated rings. The molecule has 0 heterocycles. The third-order valence-electron chi connectivity index (χ3n) is 3.82. The van der Waals surface area contributed by atoms with Crippen molar-refractivity contribution in [2.75, 3.05) is 19.8 Å². The summed E-state index contributed by atoms with van der Waals surface area (Å²) in [5.74, 6) is 0.617. The van der Waals surface area contributed by atoms with Gasteiger partial charge in [0.1, 0.15) is 0 Å². The van der Waals surface area contributed by atoms with Crippen LogP contribution in [-0.2, 0) is 11.3 Å². The summed E-state index contributed by atoms with van der Waals surface area (Å²) >= 11 is 0. The number of nitrogens with zero attached hydrogens (tertiary/aromatic N) is 1. The molecule has 0 spiro atoms. The highest BCUT2D eigenvalue weighted by Crippen LogP contribution is 2.28. The summed E-state index contributed by atoms with van der Waals surface area (Å²) in [7, 11) is 0. The van der Waals surface area contributed by atoms with E-state index in [1.165, 1.54) is 24.0 Å². The summed E-state index contributed by atoms with van der Waals surface area (Å²) in [6.45, 7) is 10.4. The van der Waals surface area contributed by atoms with Gasteiger partial charge >= 0.3 is 0 Å². The van der Waals surface area contributed by atoms with Crippen LogP contribution in [0.4, 0.5) is 0 Å². The minimum absolute atomic E-state index is 0.617. The Labute approximate surface area is 117 Å². The standard InChI is InChI=1S/C17H27NO/c1-4-19-12-11-18(17-9-10-17)13-15-5-7-16(8-6-15)14(2)3/h5-8,14,17H,4,9-13H2,1-3H3. The maximum Gasteiger partial charge on any atom is 0.0593 e. The topological polar surface area (TPSA) is 12.5 Å².